The van der Waals surface area contributed by atoms with Gasteiger partial charge in [-0.05, 0) is 18.8 Å². The van der Waals surface area contributed by atoms with Gasteiger partial charge in [0, 0.05) is 23.9 Å². The summed E-state index contributed by atoms with van der Waals surface area (Å²) in [5, 5.41) is 0. The Labute approximate surface area is 96.1 Å². The second-order valence-corrected chi connectivity index (χ2v) is 4.82. The molecule has 0 spiro atoms. The van der Waals surface area contributed by atoms with E-state index in [1.165, 1.54) is 25.7 Å². The highest BCUT2D eigenvalue weighted by molar-refractivity contribution is 6.17. The van der Waals surface area contributed by atoms with Crippen LogP contribution in [-0.2, 0) is 5.88 Å². The maximum atomic E-state index is 5.71. The van der Waals surface area contributed by atoms with E-state index < -0.39 is 0 Å². The number of aromatic nitrogens is 2. The van der Waals surface area contributed by atoms with Gasteiger partial charge in [0.1, 0.15) is 5.82 Å². The first-order valence-electron chi connectivity index (χ1n) is 5.66. The van der Waals surface area contributed by atoms with Crippen LogP contribution in [-0.4, -0.2) is 9.97 Å². The molecule has 0 N–H and O–H groups in total. The molecule has 1 heterocycles. The Morgan fingerprint density at radius 2 is 2.07 bits per heavy atom. The van der Waals surface area contributed by atoms with Gasteiger partial charge in [-0.1, -0.05) is 19.8 Å². The molecule has 1 saturated carbocycles. The molecule has 0 aromatic carbocycles. The highest BCUT2D eigenvalue weighted by atomic mass is 35.5. The zero-order valence-corrected chi connectivity index (χ0v) is 9.87. The van der Waals surface area contributed by atoms with E-state index in [0.717, 1.165) is 17.3 Å². The van der Waals surface area contributed by atoms with Gasteiger partial charge >= 0.3 is 0 Å². The van der Waals surface area contributed by atoms with Crippen LogP contribution in [0.4, 0.5) is 0 Å². The number of rotatable bonds is 2. The maximum Gasteiger partial charge on any atom is 0.131 e. The third kappa shape index (κ3) is 2.69. The van der Waals surface area contributed by atoms with Crippen molar-refractivity contribution in [3.63, 3.8) is 0 Å². The average molecular weight is 225 g/mol. The molecule has 2 atom stereocenters. The standard InChI is InChI=1S/C12H17ClN2/c1-9-3-2-4-11(5-9)12-14-7-10(6-13)8-15-12/h7-9,11H,2-6H2,1H3. The molecule has 15 heavy (non-hydrogen) atoms. The fraction of sp³-hybridized carbons (Fsp3) is 0.667. The Kier molecular flexibility index (Phi) is 3.57. The van der Waals surface area contributed by atoms with Crippen molar-refractivity contribution in [3.8, 4) is 0 Å². The fourth-order valence-electron chi connectivity index (χ4n) is 2.31. The topological polar surface area (TPSA) is 25.8 Å². The van der Waals surface area contributed by atoms with Crippen LogP contribution >= 0.6 is 11.6 Å². The Bertz CT molecular complexity index is 310. The van der Waals surface area contributed by atoms with Crippen LogP contribution in [0.3, 0.4) is 0 Å². The van der Waals surface area contributed by atoms with Crippen molar-refractivity contribution < 1.29 is 0 Å². The molecule has 0 radical (unpaired) electrons. The lowest BCUT2D eigenvalue weighted by Crippen LogP contribution is -2.14. The lowest BCUT2D eigenvalue weighted by molar-refractivity contribution is 0.335. The molecule has 0 aliphatic heterocycles. The summed E-state index contributed by atoms with van der Waals surface area (Å²) >= 11 is 5.71. The number of halogens is 1. The summed E-state index contributed by atoms with van der Waals surface area (Å²) in [6.07, 6.45) is 8.86. The minimum absolute atomic E-state index is 0.501. The van der Waals surface area contributed by atoms with Gasteiger partial charge < -0.3 is 0 Å². The highest BCUT2D eigenvalue weighted by Gasteiger charge is 2.22. The molecule has 2 nitrogen and oxygen atoms in total. The van der Waals surface area contributed by atoms with Gasteiger partial charge in [-0.3, -0.25) is 0 Å². The average Bonchev–Trinajstić information content (AvgIpc) is 2.29. The Morgan fingerprint density at radius 3 is 2.67 bits per heavy atom. The summed E-state index contributed by atoms with van der Waals surface area (Å²) in [5.41, 5.74) is 1.00. The van der Waals surface area contributed by atoms with Gasteiger partial charge in [0.05, 0.1) is 5.88 Å². The number of nitrogens with zero attached hydrogens (tertiary/aromatic N) is 2. The highest BCUT2D eigenvalue weighted by Crippen LogP contribution is 2.34. The van der Waals surface area contributed by atoms with Gasteiger partial charge in [-0.2, -0.15) is 0 Å². The fourth-order valence-corrected chi connectivity index (χ4v) is 2.45. The molecule has 0 bridgehead atoms. The van der Waals surface area contributed by atoms with Gasteiger partial charge in [-0.15, -0.1) is 11.6 Å². The van der Waals surface area contributed by atoms with E-state index in [2.05, 4.69) is 16.9 Å². The van der Waals surface area contributed by atoms with Crippen molar-refractivity contribution in [2.45, 2.75) is 44.4 Å². The molecule has 2 unspecified atom stereocenters. The van der Waals surface area contributed by atoms with Crippen LogP contribution in [0.15, 0.2) is 12.4 Å². The monoisotopic (exact) mass is 224 g/mol. The summed E-state index contributed by atoms with van der Waals surface area (Å²) in [6, 6.07) is 0. The largest absolute Gasteiger partial charge is 0.241 e. The normalized spacial score (nSPS) is 26.5. The smallest absolute Gasteiger partial charge is 0.131 e. The van der Waals surface area contributed by atoms with E-state index in [1.54, 1.807) is 0 Å². The summed E-state index contributed by atoms with van der Waals surface area (Å²) in [7, 11) is 0. The van der Waals surface area contributed by atoms with Gasteiger partial charge in [0.25, 0.3) is 0 Å². The van der Waals surface area contributed by atoms with Crippen molar-refractivity contribution in [1.82, 2.24) is 9.97 Å². The molecule has 0 amide bonds. The van der Waals surface area contributed by atoms with Crippen molar-refractivity contribution in [2.75, 3.05) is 0 Å². The molecule has 2 rings (SSSR count). The lowest BCUT2D eigenvalue weighted by atomic mass is 9.82. The van der Waals surface area contributed by atoms with E-state index >= 15 is 0 Å². The minimum atomic E-state index is 0.501. The summed E-state index contributed by atoms with van der Waals surface area (Å²) in [6.45, 7) is 2.32. The first-order chi connectivity index (χ1) is 7.29. The molecule has 3 heteroatoms. The van der Waals surface area contributed by atoms with E-state index in [1.807, 2.05) is 12.4 Å². The Balaban J connectivity index is 2.07. The molecule has 1 aliphatic rings. The van der Waals surface area contributed by atoms with Crippen molar-refractivity contribution >= 4 is 11.6 Å². The molecule has 0 saturated heterocycles. The first-order valence-corrected chi connectivity index (χ1v) is 6.20. The van der Waals surface area contributed by atoms with E-state index in [4.69, 9.17) is 11.6 Å². The predicted molar refractivity (Wildman–Crippen MR) is 62.0 cm³/mol. The lowest BCUT2D eigenvalue weighted by Gasteiger charge is -2.25. The molecule has 1 aliphatic carbocycles. The molecule has 82 valence electrons. The summed E-state index contributed by atoms with van der Waals surface area (Å²) < 4.78 is 0. The SMILES string of the molecule is CC1CCCC(c2ncc(CCl)cn2)C1. The van der Waals surface area contributed by atoms with Gasteiger partial charge in [0.2, 0.25) is 0 Å². The Morgan fingerprint density at radius 1 is 1.33 bits per heavy atom. The second-order valence-electron chi connectivity index (χ2n) is 4.55. The third-order valence-corrected chi connectivity index (χ3v) is 3.49. The first kappa shape index (κ1) is 10.9. The summed E-state index contributed by atoms with van der Waals surface area (Å²) in [4.78, 5) is 8.82. The van der Waals surface area contributed by atoms with Crippen molar-refractivity contribution in [1.29, 1.82) is 0 Å². The van der Waals surface area contributed by atoms with Crippen LogP contribution in [0, 0.1) is 5.92 Å². The van der Waals surface area contributed by atoms with Crippen LogP contribution < -0.4 is 0 Å². The van der Waals surface area contributed by atoms with Gasteiger partial charge in [-0.25, -0.2) is 9.97 Å². The molecule has 1 aromatic heterocycles. The van der Waals surface area contributed by atoms with E-state index in [9.17, 15) is 0 Å². The van der Waals surface area contributed by atoms with Crippen LogP contribution in [0.1, 0.15) is 49.9 Å². The number of alkyl halides is 1. The van der Waals surface area contributed by atoms with E-state index in [-0.39, 0.29) is 0 Å². The predicted octanol–water partition coefficient (Wildman–Crippen LogP) is 3.51. The molecular formula is C12H17ClN2. The molecule has 1 aromatic rings. The summed E-state index contributed by atoms with van der Waals surface area (Å²) in [5.74, 6) is 2.90. The maximum absolute atomic E-state index is 5.71. The quantitative estimate of drug-likeness (QED) is 0.719. The third-order valence-electron chi connectivity index (χ3n) is 3.18. The Hall–Kier alpha value is -0.630. The molecule has 1 fully saturated rings. The zero-order chi connectivity index (χ0) is 10.7. The van der Waals surface area contributed by atoms with Crippen LogP contribution in [0.25, 0.3) is 0 Å². The van der Waals surface area contributed by atoms with E-state index in [0.29, 0.717) is 11.8 Å². The molecular weight excluding hydrogens is 208 g/mol. The zero-order valence-electron chi connectivity index (χ0n) is 9.12. The van der Waals surface area contributed by atoms with Gasteiger partial charge in [0.15, 0.2) is 0 Å². The second kappa shape index (κ2) is 4.93. The van der Waals surface area contributed by atoms with Crippen molar-refractivity contribution in [3.05, 3.63) is 23.8 Å². The van der Waals surface area contributed by atoms with Crippen LogP contribution in [0.5, 0.6) is 0 Å². The van der Waals surface area contributed by atoms with Crippen molar-refractivity contribution in [2.24, 2.45) is 5.92 Å². The van der Waals surface area contributed by atoms with Crippen LogP contribution in [0.2, 0.25) is 0 Å². The minimum Gasteiger partial charge on any atom is -0.241 e. The number of hydrogen-bond acceptors (Lipinski definition) is 2. The number of hydrogen-bond donors (Lipinski definition) is 0.